The van der Waals surface area contributed by atoms with Crippen molar-refractivity contribution in [3.63, 3.8) is 0 Å². The van der Waals surface area contributed by atoms with E-state index < -0.39 is 0 Å². The van der Waals surface area contributed by atoms with E-state index in [2.05, 4.69) is 33.4 Å². The Morgan fingerprint density at radius 3 is 2.60 bits per heavy atom. The minimum Gasteiger partial charge on any atom is -0.326 e. The van der Waals surface area contributed by atoms with Gasteiger partial charge in [-0.15, -0.1) is 0 Å². The first-order valence-electron chi connectivity index (χ1n) is 6.44. The molecule has 0 spiro atoms. The van der Waals surface area contributed by atoms with E-state index in [-0.39, 0.29) is 5.91 Å². The Morgan fingerprint density at radius 1 is 1.15 bits per heavy atom. The van der Waals surface area contributed by atoms with Crippen molar-refractivity contribution in [3.8, 4) is 0 Å². The fourth-order valence-corrected chi connectivity index (χ4v) is 2.32. The van der Waals surface area contributed by atoms with E-state index >= 15 is 0 Å². The number of aryl methyl sites for hydroxylation is 1. The highest BCUT2D eigenvalue weighted by molar-refractivity contribution is 9.10. The summed E-state index contributed by atoms with van der Waals surface area (Å²) in [6, 6.07) is 15.6. The molecule has 2 rings (SSSR count). The van der Waals surface area contributed by atoms with Crippen molar-refractivity contribution < 1.29 is 4.79 Å². The maximum atomic E-state index is 11.8. The SMILES string of the molecule is O=C(CCCc1ccccc1)Nc1ccc(Br)c(Cl)c1. The van der Waals surface area contributed by atoms with Crippen LogP contribution >= 0.6 is 27.5 Å². The number of benzene rings is 2. The lowest BCUT2D eigenvalue weighted by Crippen LogP contribution is -2.11. The monoisotopic (exact) mass is 351 g/mol. The van der Waals surface area contributed by atoms with Crippen LogP contribution in [-0.4, -0.2) is 5.91 Å². The van der Waals surface area contributed by atoms with Crippen LogP contribution in [0.15, 0.2) is 53.0 Å². The van der Waals surface area contributed by atoms with Gasteiger partial charge in [0.15, 0.2) is 0 Å². The summed E-state index contributed by atoms with van der Waals surface area (Å²) in [5.41, 5.74) is 1.98. The van der Waals surface area contributed by atoms with Crippen molar-refractivity contribution in [1.82, 2.24) is 0 Å². The van der Waals surface area contributed by atoms with Crippen molar-refractivity contribution in [3.05, 3.63) is 63.6 Å². The summed E-state index contributed by atoms with van der Waals surface area (Å²) in [5, 5.41) is 3.44. The molecule has 0 aliphatic carbocycles. The van der Waals surface area contributed by atoms with Gasteiger partial charge in [0.05, 0.1) is 5.02 Å². The molecule has 1 amide bonds. The van der Waals surface area contributed by atoms with Crippen LogP contribution in [-0.2, 0) is 11.2 Å². The van der Waals surface area contributed by atoms with Gasteiger partial charge in [0.1, 0.15) is 0 Å². The molecule has 0 radical (unpaired) electrons. The normalized spacial score (nSPS) is 10.3. The maximum Gasteiger partial charge on any atom is 0.224 e. The van der Waals surface area contributed by atoms with Crippen LogP contribution in [0.25, 0.3) is 0 Å². The molecule has 0 heterocycles. The highest BCUT2D eigenvalue weighted by atomic mass is 79.9. The number of nitrogens with one attached hydrogen (secondary N) is 1. The Labute approximate surface area is 132 Å². The Hall–Kier alpha value is -1.32. The van der Waals surface area contributed by atoms with Crippen molar-refractivity contribution >= 4 is 39.1 Å². The molecule has 0 bridgehead atoms. The molecule has 0 aliphatic heterocycles. The molecule has 2 nitrogen and oxygen atoms in total. The van der Waals surface area contributed by atoms with Gasteiger partial charge in [-0.05, 0) is 52.5 Å². The maximum absolute atomic E-state index is 11.8. The Kier molecular flexibility index (Phi) is 5.62. The number of halogens is 2. The first-order chi connectivity index (χ1) is 9.65. The smallest absolute Gasteiger partial charge is 0.224 e. The molecule has 4 heteroatoms. The fourth-order valence-electron chi connectivity index (χ4n) is 1.90. The van der Waals surface area contributed by atoms with Crippen molar-refractivity contribution in [1.29, 1.82) is 0 Å². The topological polar surface area (TPSA) is 29.1 Å². The summed E-state index contributed by atoms with van der Waals surface area (Å²) in [6.45, 7) is 0. The van der Waals surface area contributed by atoms with E-state index in [9.17, 15) is 4.79 Å². The third-order valence-corrected chi connectivity index (χ3v) is 4.15. The van der Waals surface area contributed by atoms with Gasteiger partial charge in [0.2, 0.25) is 5.91 Å². The molecule has 20 heavy (non-hydrogen) atoms. The van der Waals surface area contributed by atoms with E-state index in [0.29, 0.717) is 11.4 Å². The fraction of sp³-hybridized carbons (Fsp3) is 0.188. The number of carbonyl (C=O) groups is 1. The van der Waals surface area contributed by atoms with Crippen molar-refractivity contribution in [2.45, 2.75) is 19.3 Å². The predicted octanol–water partition coefficient (Wildman–Crippen LogP) is 5.06. The second-order valence-electron chi connectivity index (χ2n) is 4.52. The van der Waals surface area contributed by atoms with E-state index in [1.807, 2.05) is 30.3 Å². The Balaban J connectivity index is 1.79. The summed E-state index contributed by atoms with van der Waals surface area (Å²) in [4.78, 5) is 11.8. The molecule has 0 aromatic heterocycles. The average molecular weight is 353 g/mol. The van der Waals surface area contributed by atoms with E-state index in [1.165, 1.54) is 5.56 Å². The molecule has 0 aliphatic rings. The first kappa shape index (κ1) is 15.1. The lowest BCUT2D eigenvalue weighted by atomic mass is 10.1. The van der Waals surface area contributed by atoms with Crippen LogP contribution in [0.4, 0.5) is 5.69 Å². The van der Waals surface area contributed by atoms with Crippen molar-refractivity contribution in [2.24, 2.45) is 0 Å². The summed E-state index contributed by atoms with van der Waals surface area (Å²) < 4.78 is 0.821. The number of amides is 1. The highest BCUT2D eigenvalue weighted by Gasteiger charge is 2.04. The third-order valence-electron chi connectivity index (χ3n) is 2.92. The number of hydrogen-bond acceptors (Lipinski definition) is 1. The lowest BCUT2D eigenvalue weighted by molar-refractivity contribution is -0.116. The van der Waals surface area contributed by atoms with Gasteiger partial charge in [-0.2, -0.15) is 0 Å². The number of hydrogen-bond donors (Lipinski definition) is 1. The molecular weight excluding hydrogens is 338 g/mol. The molecule has 0 saturated heterocycles. The van der Waals surface area contributed by atoms with Crippen LogP contribution in [0.3, 0.4) is 0 Å². The van der Waals surface area contributed by atoms with Crippen LogP contribution in [0, 0.1) is 0 Å². The summed E-state index contributed by atoms with van der Waals surface area (Å²) in [7, 11) is 0. The van der Waals surface area contributed by atoms with E-state index in [4.69, 9.17) is 11.6 Å². The number of carbonyl (C=O) groups excluding carboxylic acids is 1. The molecule has 0 fully saturated rings. The standard InChI is InChI=1S/C16H15BrClNO/c17-14-10-9-13(11-15(14)18)19-16(20)8-4-7-12-5-2-1-3-6-12/h1-3,5-6,9-11H,4,7-8H2,(H,19,20). The lowest BCUT2D eigenvalue weighted by Gasteiger charge is -2.06. The summed E-state index contributed by atoms with van der Waals surface area (Å²) in [5.74, 6) is 0.0133. The predicted molar refractivity (Wildman–Crippen MR) is 87.2 cm³/mol. The van der Waals surface area contributed by atoms with Crippen LogP contribution in [0.1, 0.15) is 18.4 Å². The van der Waals surface area contributed by atoms with Gasteiger partial charge in [-0.3, -0.25) is 4.79 Å². The minimum atomic E-state index is 0.0133. The van der Waals surface area contributed by atoms with Crippen LogP contribution in [0.5, 0.6) is 0 Å². The van der Waals surface area contributed by atoms with Gasteiger partial charge >= 0.3 is 0 Å². The van der Waals surface area contributed by atoms with Gasteiger partial charge in [-0.25, -0.2) is 0 Å². The zero-order valence-electron chi connectivity index (χ0n) is 10.9. The molecular formula is C16H15BrClNO. The summed E-state index contributed by atoms with van der Waals surface area (Å²) >= 11 is 9.30. The van der Waals surface area contributed by atoms with Crippen LogP contribution < -0.4 is 5.32 Å². The van der Waals surface area contributed by atoms with Gasteiger partial charge in [0, 0.05) is 16.6 Å². The second-order valence-corrected chi connectivity index (χ2v) is 5.78. The number of rotatable bonds is 5. The highest BCUT2D eigenvalue weighted by Crippen LogP contribution is 2.25. The number of anilines is 1. The van der Waals surface area contributed by atoms with Gasteiger partial charge < -0.3 is 5.32 Å². The Morgan fingerprint density at radius 2 is 1.90 bits per heavy atom. The first-order valence-corrected chi connectivity index (χ1v) is 7.61. The molecule has 0 atom stereocenters. The quantitative estimate of drug-likeness (QED) is 0.800. The summed E-state index contributed by atoms with van der Waals surface area (Å²) in [6.07, 6.45) is 2.25. The van der Waals surface area contributed by atoms with Crippen molar-refractivity contribution in [2.75, 3.05) is 5.32 Å². The Bertz CT molecular complexity index is 586. The minimum absolute atomic E-state index is 0.0133. The zero-order valence-corrected chi connectivity index (χ0v) is 13.2. The van der Waals surface area contributed by atoms with Gasteiger partial charge in [0.25, 0.3) is 0 Å². The zero-order chi connectivity index (χ0) is 14.4. The molecule has 2 aromatic carbocycles. The van der Waals surface area contributed by atoms with E-state index in [0.717, 1.165) is 23.0 Å². The third kappa shape index (κ3) is 4.66. The largest absolute Gasteiger partial charge is 0.326 e. The molecule has 104 valence electrons. The van der Waals surface area contributed by atoms with E-state index in [1.54, 1.807) is 6.07 Å². The molecule has 1 N–H and O–H groups in total. The molecule has 0 unspecified atom stereocenters. The molecule has 0 saturated carbocycles. The van der Waals surface area contributed by atoms with Crippen LogP contribution in [0.2, 0.25) is 5.02 Å². The molecule has 2 aromatic rings. The van der Waals surface area contributed by atoms with Gasteiger partial charge in [-0.1, -0.05) is 41.9 Å². The second kappa shape index (κ2) is 7.46. The average Bonchev–Trinajstić information content (AvgIpc) is 2.44.